The van der Waals surface area contributed by atoms with Crippen molar-refractivity contribution in [3.05, 3.63) is 52.3 Å². The van der Waals surface area contributed by atoms with Gasteiger partial charge in [-0.1, -0.05) is 23.2 Å². The van der Waals surface area contributed by atoms with Crippen LogP contribution < -0.4 is 15.8 Å². The maximum absolute atomic E-state index is 12.9. The van der Waals surface area contributed by atoms with Crippen LogP contribution in [0.1, 0.15) is 12.8 Å². The third-order valence-corrected chi connectivity index (χ3v) is 3.52. The average Bonchev–Trinajstić information content (AvgIpc) is 2.48. The number of carbonyl (C=O) groups excluding carboxylic acids is 1. The third kappa shape index (κ3) is 5.30. The van der Waals surface area contributed by atoms with Crippen LogP contribution in [-0.4, -0.2) is 12.5 Å². The quantitative estimate of drug-likeness (QED) is 0.591. The highest BCUT2D eigenvalue weighted by Crippen LogP contribution is 2.27. The van der Waals surface area contributed by atoms with E-state index in [1.54, 1.807) is 18.2 Å². The number of anilines is 2. The summed E-state index contributed by atoms with van der Waals surface area (Å²) in [5, 5.41) is 3.57. The molecule has 0 aliphatic carbocycles. The van der Waals surface area contributed by atoms with Gasteiger partial charge < -0.3 is 15.8 Å². The smallest absolute Gasteiger partial charge is 0.224 e. The van der Waals surface area contributed by atoms with Gasteiger partial charge in [-0.05, 0) is 42.8 Å². The molecule has 0 saturated carbocycles. The van der Waals surface area contributed by atoms with Gasteiger partial charge in [0.25, 0.3) is 0 Å². The Bertz CT molecular complexity index is 710. The Labute approximate surface area is 143 Å². The van der Waals surface area contributed by atoms with Gasteiger partial charge in [0.05, 0.1) is 23.0 Å². The van der Waals surface area contributed by atoms with Crippen LogP contribution in [0.25, 0.3) is 0 Å². The van der Waals surface area contributed by atoms with Crippen LogP contribution in [-0.2, 0) is 4.79 Å². The van der Waals surface area contributed by atoms with E-state index in [-0.39, 0.29) is 18.0 Å². The minimum absolute atomic E-state index is 0.183. The van der Waals surface area contributed by atoms with Crippen molar-refractivity contribution in [2.45, 2.75) is 12.8 Å². The van der Waals surface area contributed by atoms with Crippen LogP contribution in [0.5, 0.6) is 5.75 Å². The van der Waals surface area contributed by atoms with Crippen LogP contribution >= 0.6 is 23.2 Å². The molecule has 0 atom stereocenters. The number of benzene rings is 2. The second-order valence-electron chi connectivity index (χ2n) is 4.81. The molecule has 0 aliphatic rings. The summed E-state index contributed by atoms with van der Waals surface area (Å²) in [6.45, 7) is 0.327. The van der Waals surface area contributed by atoms with Crippen LogP contribution in [0.2, 0.25) is 10.0 Å². The van der Waals surface area contributed by atoms with Gasteiger partial charge in [0.2, 0.25) is 5.91 Å². The molecule has 0 fully saturated rings. The number of nitrogens with two attached hydrogens (primary N) is 1. The summed E-state index contributed by atoms with van der Waals surface area (Å²) in [6.07, 6.45) is 0.730. The molecule has 3 N–H and O–H groups in total. The zero-order valence-electron chi connectivity index (χ0n) is 12.1. The second kappa shape index (κ2) is 8.04. The van der Waals surface area contributed by atoms with E-state index in [0.29, 0.717) is 34.5 Å². The molecule has 2 aromatic carbocycles. The Morgan fingerprint density at radius 1 is 1.22 bits per heavy atom. The van der Waals surface area contributed by atoms with Gasteiger partial charge in [-0.25, -0.2) is 4.39 Å². The van der Waals surface area contributed by atoms with Gasteiger partial charge in [-0.3, -0.25) is 4.79 Å². The molecule has 122 valence electrons. The number of ether oxygens (including phenoxy) is 1. The molecular formula is C16H15Cl2FN2O2. The first-order chi connectivity index (χ1) is 11.0. The molecule has 0 saturated heterocycles. The highest BCUT2D eigenvalue weighted by Gasteiger charge is 2.07. The monoisotopic (exact) mass is 356 g/mol. The first-order valence-corrected chi connectivity index (χ1v) is 7.64. The predicted octanol–water partition coefficient (Wildman–Crippen LogP) is 4.51. The van der Waals surface area contributed by atoms with Crippen molar-refractivity contribution in [2.24, 2.45) is 0 Å². The van der Waals surface area contributed by atoms with Crippen molar-refractivity contribution in [1.29, 1.82) is 0 Å². The number of rotatable bonds is 6. The summed E-state index contributed by atoms with van der Waals surface area (Å²) in [7, 11) is 0. The van der Waals surface area contributed by atoms with Crippen LogP contribution in [0.15, 0.2) is 36.4 Å². The van der Waals surface area contributed by atoms with Gasteiger partial charge in [0.15, 0.2) is 0 Å². The fraction of sp³-hybridized carbons (Fsp3) is 0.188. The van der Waals surface area contributed by atoms with E-state index >= 15 is 0 Å². The normalized spacial score (nSPS) is 10.4. The van der Waals surface area contributed by atoms with E-state index in [1.807, 2.05) is 0 Å². The SMILES string of the molecule is Nc1cc(F)ccc1NC(=O)CCCOc1ccc(Cl)cc1Cl. The first kappa shape index (κ1) is 17.4. The molecular weight excluding hydrogens is 342 g/mol. The Kier molecular flexibility index (Phi) is 6.07. The zero-order valence-corrected chi connectivity index (χ0v) is 13.6. The van der Waals surface area contributed by atoms with Gasteiger partial charge in [0, 0.05) is 11.4 Å². The summed E-state index contributed by atoms with van der Waals surface area (Å²) in [4.78, 5) is 11.8. The summed E-state index contributed by atoms with van der Waals surface area (Å²) in [5.41, 5.74) is 6.19. The highest BCUT2D eigenvalue weighted by atomic mass is 35.5. The van der Waals surface area contributed by atoms with Gasteiger partial charge in [-0.15, -0.1) is 0 Å². The third-order valence-electron chi connectivity index (χ3n) is 2.99. The molecule has 0 radical (unpaired) electrons. The lowest BCUT2D eigenvalue weighted by molar-refractivity contribution is -0.116. The lowest BCUT2D eigenvalue weighted by Crippen LogP contribution is -2.14. The van der Waals surface area contributed by atoms with E-state index in [4.69, 9.17) is 33.7 Å². The lowest BCUT2D eigenvalue weighted by atomic mass is 10.2. The Morgan fingerprint density at radius 2 is 2.00 bits per heavy atom. The van der Waals surface area contributed by atoms with E-state index < -0.39 is 5.82 Å². The number of nitrogen functional groups attached to an aromatic ring is 1. The minimum atomic E-state index is -0.450. The second-order valence-corrected chi connectivity index (χ2v) is 5.65. The van der Waals surface area contributed by atoms with Crippen LogP contribution in [0.4, 0.5) is 15.8 Å². The standard InChI is InChI=1S/C16H15Cl2FN2O2/c17-10-3-6-15(12(18)8-10)23-7-1-2-16(22)21-14-5-4-11(19)9-13(14)20/h3-6,8-9H,1-2,7,20H2,(H,21,22). The van der Waals surface area contributed by atoms with E-state index in [9.17, 15) is 9.18 Å². The molecule has 2 rings (SSSR count). The molecule has 23 heavy (non-hydrogen) atoms. The van der Waals surface area contributed by atoms with Crippen LogP contribution in [0, 0.1) is 5.82 Å². The topological polar surface area (TPSA) is 64.3 Å². The molecule has 0 heterocycles. The molecule has 4 nitrogen and oxygen atoms in total. The number of halogens is 3. The molecule has 0 aliphatic heterocycles. The Hall–Kier alpha value is -1.98. The molecule has 2 aromatic rings. The average molecular weight is 357 g/mol. The molecule has 0 spiro atoms. The summed E-state index contributed by atoms with van der Waals surface area (Å²) in [6, 6.07) is 8.74. The number of hydrogen-bond donors (Lipinski definition) is 2. The van der Waals surface area contributed by atoms with Crippen molar-refractivity contribution in [3.8, 4) is 5.75 Å². The van der Waals surface area contributed by atoms with Gasteiger partial charge in [0.1, 0.15) is 11.6 Å². The lowest BCUT2D eigenvalue weighted by Gasteiger charge is -2.10. The maximum Gasteiger partial charge on any atom is 0.224 e. The van der Waals surface area contributed by atoms with Gasteiger partial charge in [-0.2, -0.15) is 0 Å². The molecule has 0 unspecified atom stereocenters. The van der Waals surface area contributed by atoms with E-state index in [2.05, 4.69) is 5.32 Å². The van der Waals surface area contributed by atoms with Crippen molar-refractivity contribution in [1.82, 2.24) is 0 Å². The Morgan fingerprint density at radius 3 is 2.70 bits per heavy atom. The van der Waals surface area contributed by atoms with Crippen molar-refractivity contribution < 1.29 is 13.9 Å². The zero-order chi connectivity index (χ0) is 16.8. The van der Waals surface area contributed by atoms with E-state index in [1.165, 1.54) is 12.1 Å². The molecule has 1 amide bonds. The highest BCUT2D eigenvalue weighted by molar-refractivity contribution is 6.35. The van der Waals surface area contributed by atoms with Crippen LogP contribution in [0.3, 0.4) is 0 Å². The number of carbonyl (C=O) groups is 1. The summed E-state index contributed by atoms with van der Waals surface area (Å²) in [5.74, 6) is -0.165. The molecule has 0 aromatic heterocycles. The predicted molar refractivity (Wildman–Crippen MR) is 90.6 cm³/mol. The Balaban J connectivity index is 1.76. The molecule has 0 bridgehead atoms. The van der Waals surface area contributed by atoms with Gasteiger partial charge >= 0.3 is 0 Å². The number of nitrogens with one attached hydrogen (secondary N) is 1. The van der Waals surface area contributed by atoms with Crippen molar-refractivity contribution in [3.63, 3.8) is 0 Å². The van der Waals surface area contributed by atoms with Crippen molar-refractivity contribution >= 4 is 40.5 Å². The fourth-order valence-corrected chi connectivity index (χ4v) is 2.33. The first-order valence-electron chi connectivity index (χ1n) is 6.88. The molecule has 7 heteroatoms. The van der Waals surface area contributed by atoms with E-state index in [0.717, 1.165) is 6.07 Å². The summed E-state index contributed by atoms with van der Waals surface area (Å²) < 4.78 is 18.4. The van der Waals surface area contributed by atoms with Crippen molar-refractivity contribution in [2.75, 3.05) is 17.7 Å². The largest absolute Gasteiger partial charge is 0.492 e. The fourth-order valence-electron chi connectivity index (χ4n) is 1.87. The number of hydrogen-bond acceptors (Lipinski definition) is 3. The summed E-state index contributed by atoms with van der Waals surface area (Å²) >= 11 is 11.8. The maximum atomic E-state index is 12.9. The number of amides is 1. The minimum Gasteiger partial charge on any atom is -0.492 e.